The van der Waals surface area contributed by atoms with Gasteiger partial charge in [0.15, 0.2) is 5.82 Å². The Morgan fingerprint density at radius 2 is 1.83 bits per heavy atom. The van der Waals surface area contributed by atoms with Crippen molar-refractivity contribution in [1.29, 1.82) is 0 Å². The largest absolute Gasteiger partial charge is 0.338 e. The second kappa shape index (κ2) is 5.83. The van der Waals surface area contributed by atoms with E-state index in [1.165, 1.54) is 6.42 Å². The van der Waals surface area contributed by atoms with Crippen LogP contribution in [0, 0.1) is 5.92 Å². The van der Waals surface area contributed by atoms with Crippen LogP contribution in [-0.2, 0) is 5.41 Å². The van der Waals surface area contributed by atoms with Crippen LogP contribution in [0.5, 0.6) is 0 Å². The summed E-state index contributed by atoms with van der Waals surface area (Å²) < 4.78 is 5.38. The Morgan fingerprint density at radius 1 is 1.22 bits per heavy atom. The molecule has 0 amide bonds. The van der Waals surface area contributed by atoms with E-state index in [1.807, 2.05) is 0 Å². The van der Waals surface area contributed by atoms with Gasteiger partial charge in [-0.3, -0.25) is 4.90 Å². The third kappa shape index (κ3) is 4.09. The minimum Gasteiger partial charge on any atom is -0.338 e. The van der Waals surface area contributed by atoms with E-state index in [9.17, 15) is 0 Å². The van der Waals surface area contributed by atoms with Crippen molar-refractivity contribution in [3.05, 3.63) is 11.7 Å². The second-order valence-corrected chi connectivity index (χ2v) is 6.55. The van der Waals surface area contributed by atoms with Gasteiger partial charge in [0.2, 0.25) is 5.89 Å². The van der Waals surface area contributed by atoms with E-state index in [-0.39, 0.29) is 11.5 Å². The van der Waals surface area contributed by atoms with Gasteiger partial charge in [0, 0.05) is 5.41 Å². The molecule has 1 atom stereocenters. The van der Waals surface area contributed by atoms with Crippen LogP contribution in [0.4, 0.5) is 0 Å². The average molecular weight is 253 g/mol. The summed E-state index contributed by atoms with van der Waals surface area (Å²) in [6.45, 7) is 13.9. The van der Waals surface area contributed by atoms with Crippen molar-refractivity contribution >= 4 is 0 Å². The molecule has 0 spiro atoms. The van der Waals surface area contributed by atoms with Crippen LogP contribution in [-0.4, -0.2) is 28.6 Å². The molecule has 4 heteroatoms. The zero-order valence-corrected chi connectivity index (χ0v) is 12.8. The lowest BCUT2D eigenvalue weighted by molar-refractivity contribution is 0.200. The molecule has 0 saturated heterocycles. The van der Waals surface area contributed by atoms with E-state index in [2.05, 4.69) is 63.6 Å². The Balaban J connectivity index is 2.66. The maximum Gasteiger partial charge on any atom is 0.243 e. The molecule has 1 aromatic heterocycles. The number of nitrogens with zero attached hydrogens (tertiary/aromatic N) is 3. The molecule has 0 fully saturated rings. The summed E-state index contributed by atoms with van der Waals surface area (Å²) in [5.41, 5.74) is -0.0576. The van der Waals surface area contributed by atoms with E-state index in [0.29, 0.717) is 11.8 Å². The van der Waals surface area contributed by atoms with Gasteiger partial charge in [0.1, 0.15) is 0 Å². The van der Waals surface area contributed by atoms with E-state index in [0.717, 1.165) is 12.4 Å². The number of aromatic nitrogens is 2. The minimum atomic E-state index is -0.0576. The molecule has 4 nitrogen and oxygen atoms in total. The van der Waals surface area contributed by atoms with Crippen molar-refractivity contribution in [2.45, 2.75) is 59.4 Å². The molecule has 1 rings (SSSR count). The average Bonchev–Trinajstić information content (AvgIpc) is 2.73. The van der Waals surface area contributed by atoms with Gasteiger partial charge in [-0.25, -0.2) is 0 Å². The molecule has 0 bridgehead atoms. The Labute approximate surface area is 111 Å². The van der Waals surface area contributed by atoms with Crippen molar-refractivity contribution in [3.8, 4) is 0 Å². The van der Waals surface area contributed by atoms with Crippen molar-refractivity contribution in [2.75, 3.05) is 13.6 Å². The van der Waals surface area contributed by atoms with Crippen LogP contribution in [0.1, 0.15) is 65.7 Å². The Bertz CT molecular complexity index is 365. The monoisotopic (exact) mass is 253 g/mol. The molecule has 0 saturated carbocycles. The summed E-state index contributed by atoms with van der Waals surface area (Å²) in [6, 6.07) is 0.173. The third-order valence-corrected chi connectivity index (χ3v) is 3.19. The number of hydrogen-bond donors (Lipinski definition) is 0. The van der Waals surface area contributed by atoms with Gasteiger partial charge in [0.25, 0.3) is 0 Å². The Morgan fingerprint density at radius 3 is 2.28 bits per heavy atom. The summed E-state index contributed by atoms with van der Waals surface area (Å²) in [5.74, 6) is 2.21. The molecule has 1 unspecified atom stereocenters. The van der Waals surface area contributed by atoms with Crippen molar-refractivity contribution < 1.29 is 4.52 Å². The first kappa shape index (κ1) is 15.2. The molecule has 1 heterocycles. The predicted octanol–water partition coefficient (Wildman–Crippen LogP) is 3.41. The quantitative estimate of drug-likeness (QED) is 0.806. The third-order valence-electron chi connectivity index (χ3n) is 3.19. The summed E-state index contributed by atoms with van der Waals surface area (Å²) >= 11 is 0. The Hall–Kier alpha value is -0.900. The lowest BCUT2D eigenvalue weighted by Gasteiger charge is -2.22. The van der Waals surface area contributed by atoms with Crippen LogP contribution in [0.2, 0.25) is 0 Å². The summed E-state index contributed by atoms with van der Waals surface area (Å²) in [6.07, 6.45) is 1.18. The van der Waals surface area contributed by atoms with E-state index >= 15 is 0 Å². The minimum absolute atomic E-state index is 0.0576. The molecule has 104 valence electrons. The highest BCUT2D eigenvalue weighted by atomic mass is 16.5. The molecule has 18 heavy (non-hydrogen) atoms. The van der Waals surface area contributed by atoms with E-state index in [1.54, 1.807) is 0 Å². The fraction of sp³-hybridized carbons (Fsp3) is 0.857. The molecule has 0 aliphatic heterocycles. The first-order valence-corrected chi connectivity index (χ1v) is 6.76. The molecule has 0 radical (unpaired) electrons. The number of rotatable bonds is 5. The van der Waals surface area contributed by atoms with Crippen LogP contribution in [0.25, 0.3) is 0 Å². The normalized spacial score (nSPS) is 14.5. The molecule has 0 N–H and O–H groups in total. The maximum absolute atomic E-state index is 5.38. The van der Waals surface area contributed by atoms with Gasteiger partial charge in [0.05, 0.1) is 6.04 Å². The molecule has 1 aromatic rings. The standard InChI is InChI=1S/C14H27N3O/c1-10(2)8-9-17(7)11(3)12-15-13(16-18-12)14(4,5)6/h10-11H,8-9H2,1-7H3. The summed E-state index contributed by atoms with van der Waals surface area (Å²) in [5, 5.41) is 4.07. The first-order valence-electron chi connectivity index (χ1n) is 6.76. The fourth-order valence-electron chi connectivity index (χ4n) is 1.55. The lowest BCUT2D eigenvalue weighted by Crippen LogP contribution is -2.25. The van der Waals surface area contributed by atoms with Crippen LogP contribution >= 0.6 is 0 Å². The van der Waals surface area contributed by atoms with Crippen molar-refractivity contribution in [1.82, 2.24) is 15.0 Å². The molecule has 0 aliphatic carbocycles. The zero-order valence-electron chi connectivity index (χ0n) is 12.8. The lowest BCUT2D eigenvalue weighted by atomic mass is 9.96. The predicted molar refractivity (Wildman–Crippen MR) is 73.5 cm³/mol. The molecule has 0 aromatic carbocycles. The first-order chi connectivity index (χ1) is 8.21. The van der Waals surface area contributed by atoms with Gasteiger partial charge < -0.3 is 4.52 Å². The number of hydrogen-bond acceptors (Lipinski definition) is 4. The summed E-state index contributed by atoms with van der Waals surface area (Å²) in [7, 11) is 2.11. The van der Waals surface area contributed by atoms with Crippen molar-refractivity contribution in [2.24, 2.45) is 5.92 Å². The highest BCUT2D eigenvalue weighted by molar-refractivity contribution is 5.01. The topological polar surface area (TPSA) is 42.2 Å². The summed E-state index contributed by atoms with van der Waals surface area (Å²) in [4.78, 5) is 6.77. The maximum atomic E-state index is 5.38. The van der Waals surface area contributed by atoms with Gasteiger partial charge in [-0.1, -0.05) is 39.8 Å². The molecular weight excluding hydrogens is 226 g/mol. The fourth-order valence-corrected chi connectivity index (χ4v) is 1.55. The SMILES string of the molecule is CC(C)CCN(C)C(C)c1nc(C(C)(C)C)no1. The van der Waals surface area contributed by atoms with E-state index < -0.39 is 0 Å². The second-order valence-electron chi connectivity index (χ2n) is 6.55. The van der Waals surface area contributed by atoms with Gasteiger partial charge >= 0.3 is 0 Å². The van der Waals surface area contributed by atoms with Crippen LogP contribution in [0.3, 0.4) is 0 Å². The smallest absolute Gasteiger partial charge is 0.243 e. The molecular formula is C14H27N3O. The van der Waals surface area contributed by atoms with Gasteiger partial charge in [-0.05, 0) is 32.9 Å². The van der Waals surface area contributed by atoms with Gasteiger partial charge in [-0.2, -0.15) is 4.98 Å². The van der Waals surface area contributed by atoms with E-state index in [4.69, 9.17) is 4.52 Å². The Kier molecular flexibility index (Phi) is 4.91. The molecule has 0 aliphatic rings. The van der Waals surface area contributed by atoms with Gasteiger partial charge in [-0.15, -0.1) is 0 Å². The highest BCUT2D eigenvalue weighted by Crippen LogP contribution is 2.23. The van der Waals surface area contributed by atoms with Crippen molar-refractivity contribution in [3.63, 3.8) is 0 Å². The van der Waals surface area contributed by atoms with Crippen LogP contribution < -0.4 is 0 Å². The zero-order chi connectivity index (χ0) is 13.9. The highest BCUT2D eigenvalue weighted by Gasteiger charge is 2.24. The van der Waals surface area contributed by atoms with Crippen LogP contribution in [0.15, 0.2) is 4.52 Å².